The molecule has 1 atom stereocenters. The lowest BCUT2D eigenvalue weighted by molar-refractivity contribution is -0.154. The number of hydrogen-bond donors (Lipinski definition) is 1. The number of esters is 1. The number of thiol groups is 1. The maximum absolute atomic E-state index is 13.3. The van der Waals surface area contributed by atoms with Gasteiger partial charge in [-0.1, -0.05) is 5.16 Å². The Labute approximate surface area is 176 Å². The minimum Gasteiger partial charge on any atom is -0.459 e. The molecule has 0 N–H and O–H groups in total. The van der Waals surface area contributed by atoms with E-state index in [9.17, 15) is 9.36 Å². The van der Waals surface area contributed by atoms with Crippen molar-refractivity contribution in [2.24, 2.45) is 0 Å². The summed E-state index contributed by atoms with van der Waals surface area (Å²) >= 11 is 4.25. The summed E-state index contributed by atoms with van der Waals surface area (Å²) in [5.74, 6) is -0.230. The van der Waals surface area contributed by atoms with Crippen LogP contribution in [0.5, 0.6) is 0 Å². The molecule has 1 heterocycles. The van der Waals surface area contributed by atoms with E-state index >= 15 is 0 Å². The Balaban J connectivity index is 2.33. The zero-order valence-corrected chi connectivity index (χ0v) is 19.0. The Morgan fingerprint density at radius 1 is 1.17 bits per heavy atom. The minimum absolute atomic E-state index is 0.113. The lowest BCUT2D eigenvalue weighted by atomic mass is 10.2. The molecule has 160 valence electrons. The number of rotatable bonds is 9. The number of hydrogen-bond acceptors (Lipinski definition) is 9. The highest BCUT2D eigenvalue weighted by atomic mass is 32.1. The molecule has 0 aliphatic carbocycles. The number of nitrogens with zero attached hydrogens (tertiary/aromatic N) is 2. The minimum atomic E-state index is -3.82. The third kappa shape index (κ3) is 6.67. The van der Waals surface area contributed by atoms with Gasteiger partial charge in [0.25, 0.3) is 0 Å². The second kappa shape index (κ2) is 9.89. The van der Waals surface area contributed by atoms with Crippen molar-refractivity contribution in [3.63, 3.8) is 0 Å². The summed E-state index contributed by atoms with van der Waals surface area (Å²) in [6.07, 6.45) is -0.135. The standard InChI is InChI=1S/C19H27N2O6PS/c1-6-24-28(23,25-7-2)15(18(22)26-19(3,4)5)12-16-20-17(21-27-16)13-8-10-14(29)11-9-13/h8-11,15,29H,6-7,12H2,1-5H3. The van der Waals surface area contributed by atoms with Crippen molar-refractivity contribution in [2.45, 2.75) is 57.2 Å². The highest BCUT2D eigenvalue weighted by Gasteiger charge is 2.44. The van der Waals surface area contributed by atoms with E-state index in [0.29, 0.717) is 5.82 Å². The summed E-state index contributed by atoms with van der Waals surface area (Å²) in [6, 6.07) is 7.20. The highest BCUT2D eigenvalue weighted by Crippen LogP contribution is 2.54. The molecule has 0 aliphatic heterocycles. The molecule has 0 saturated heterocycles. The maximum atomic E-state index is 13.3. The molecule has 29 heavy (non-hydrogen) atoms. The topological polar surface area (TPSA) is 101 Å². The first-order valence-corrected chi connectivity index (χ1v) is 11.4. The van der Waals surface area contributed by atoms with Gasteiger partial charge in [0, 0.05) is 10.5 Å². The zero-order chi connectivity index (χ0) is 21.7. The average Bonchev–Trinajstić information content (AvgIpc) is 3.08. The van der Waals surface area contributed by atoms with Crippen LogP contribution in [0.1, 0.15) is 40.5 Å². The second-order valence-electron chi connectivity index (χ2n) is 7.19. The van der Waals surface area contributed by atoms with Crippen LogP contribution < -0.4 is 0 Å². The van der Waals surface area contributed by atoms with Crippen molar-refractivity contribution in [3.05, 3.63) is 30.2 Å². The molecule has 0 fully saturated rings. The fourth-order valence-electron chi connectivity index (χ4n) is 2.50. The van der Waals surface area contributed by atoms with Crippen LogP contribution in [0, 0.1) is 0 Å². The average molecular weight is 442 g/mol. The summed E-state index contributed by atoms with van der Waals surface area (Å²) in [7, 11) is -3.82. The fourth-order valence-corrected chi connectivity index (χ4v) is 4.50. The first-order valence-electron chi connectivity index (χ1n) is 9.31. The number of carbonyl (C=O) groups is 1. The zero-order valence-electron chi connectivity index (χ0n) is 17.2. The van der Waals surface area contributed by atoms with Gasteiger partial charge in [0.15, 0.2) is 5.66 Å². The third-order valence-corrected chi connectivity index (χ3v) is 6.33. The van der Waals surface area contributed by atoms with E-state index in [-0.39, 0.29) is 25.5 Å². The molecule has 1 aromatic carbocycles. The van der Waals surface area contributed by atoms with Crippen LogP contribution in [0.2, 0.25) is 0 Å². The van der Waals surface area contributed by atoms with E-state index in [0.717, 1.165) is 10.5 Å². The summed E-state index contributed by atoms with van der Waals surface area (Å²) in [5.41, 5.74) is -1.27. The summed E-state index contributed by atoms with van der Waals surface area (Å²) in [4.78, 5) is 17.9. The largest absolute Gasteiger partial charge is 0.459 e. The Morgan fingerprint density at radius 2 is 1.76 bits per heavy atom. The molecule has 0 saturated carbocycles. The molecule has 8 nitrogen and oxygen atoms in total. The van der Waals surface area contributed by atoms with Gasteiger partial charge in [-0.25, -0.2) is 0 Å². The van der Waals surface area contributed by atoms with Crippen molar-refractivity contribution in [1.29, 1.82) is 0 Å². The van der Waals surface area contributed by atoms with Crippen molar-refractivity contribution >= 4 is 26.2 Å². The molecule has 2 rings (SSSR count). The van der Waals surface area contributed by atoms with Crippen LogP contribution in [-0.2, 0) is 29.6 Å². The van der Waals surface area contributed by atoms with Crippen LogP contribution in [0.3, 0.4) is 0 Å². The Morgan fingerprint density at radius 3 is 2.28 bits per heavy atom. The van der Waals surface area contributed by atoms with Gasteiger partial charge in [0.2, 0.25) is 11.7 Å². The first kappa shape index (κ1) is 23.6. The van der Waals surface area contributed by atoms with Crippen LogP contribution in [-0.4, -0.2) is 40.6 Å². The number of aromatic nitrogens is 2. The highest BCUT2D eigenvalue weighted by molar-refractivity contribution is 7.80. The molecular formula is C19H27N2O6PS. The predicted octanol–water partition coefficient (Wildman–Crippen LogP) is 4.54. The molecular weight excluding hydrogens is 415 g/mol. The molecule has 0 amide bonds. The van der Waals surface area contributed by atoms with Gasteiger partial charge in [-0.3, -0.25) is 9.36 Å². The molecule has 0 spiro atoms. The van der Waals surface area contributed by atoms with E-state index in [4.69, 9.17) is 18.3 Å². The summed E-state index contributed by atoms with van der Waals surface area (Å²) in [5, 5.41) is 3.94. The number of benzene rings is 1. The van der Waals surface area contributed by atoms with Crippen molar-refractivity contribution < 1.29 is 27.7 Å². The monoisotopic (exact) mass is 442 g/mol. The van der Waals surface area contributed by atoms with E-state index in [1.165, 1.54) is 0 Å². The van der Waals surface area contributed by atoms with Gasteiger partial charge in [0.05, 0.1) is 19.6 Å². The molecule has 0 radical (unpaired) electrons. The smallest absolute Gasteiger partial charge is 0.345 e. The molecule has 1 aromatic heterocycles. The van der Waals surface area contributed by atoms with Gasteiger partial charge >= 0.3 is 13.6 Å². The van der Waals surface area contributed by atoms with E-state index < -0.39 is 24.8 Å². The molecule has 0 aliphatic rings. The van der Waals surface area contributed by atoms with Crippen LogP contribution >= 0.6 is 20.2 Å². The maximum Gasteiger partial charge on any atom is 0.345 e. The number of ether oxygens (including phenoxy) is 1. The molecule has 0 bridgehead atoms. The van der Waals surface area contributed by atoms with Crippen molar-refractivity contribution in [2.75, 3.05) is 13.2 Å². The first-order chi connectivity index (χ1) is 13.6. The lowest BCUT2D eigenvalue weighted by Gasteiger charge is -2.27. The van der Waals surface area contributed by atoms with Gasteiger partial charge in [-0.2, -0.15) is 4.98 Å². The Bertz CT molecular complexity index is 852. The van der Waals surface area contributed by atoms with Crippen LogP contribution in [0.4, 0.5) is 0 Å². The van der Waals surface area contributed by atoms with Crippen molar-refractivity contribution in [1.82, 2.24) is 10.1 Å². The Hall–Kier alpha value is -1.67. The van der Waals surface area contributed by atoms with Gasteiger partial charge in [-0.05, 0) is 58.9 Å². The molecule has 10 heteroatoms. The molecule has 2 aromatic rings. The third-order valence-electron chi connectivity index (χ3n) is 3.64. The fraction of sp³-hybridized carbons (Fsp3) is 0.526. The lowest BCUT2D eigenvalue weighted by Crippen LogP contribution is -2.34. The van der Waals surface area contributed by atoms with Crippen LogP contribution in [0.25, 0.3) is 11.4 Å². The SMILES string of the molecule is CCOP(=O)(OCC)C(Cc1nc(-c2ccc(S)cc2)no1)C(=O)OC(C)(C)C. The van der Waals surface area contributed by atoms with Crippen LogP contribution in [0.15, 0.2) is 33.7 Å². The van der Waals surface area contributed by atoms with Crippen molar-refractivity contribution in [3.8, 4) is 11.4 Å². The molecule has 1 unspecified atom stereocenters. The second-order valence-corrected chi connectivity index (χ2v) is 9.92. The predicted molar refractivity (Wildman–Crippen MR) is 111 cm³/mol. The Kier molecular flexibility index (Phi) is 8.05. The van der Waals surface area contributed by atoms with E-state index in [2.05, 4.69) is 22.8 Å². The van der Waals surface area contributed by atoms with Gasteiger partial charge < -0.3 is 18.3 Å². The van der Waals surface area contributed by atoms with Gasteiger partial charge in [0.1, 0.15) is 5.60 Å². The summed E-state index contributed by atoms with van der Waals surface area (Å²) < 4.78 is 34.8. The quantitative estimate of drug-likeness (QED) is 0.343. The summed E-state index contributed by atoms with van der Waals surface area (Å²) in [6.45, 7) is 8.75. The van der Waals surface area contributed by atoms with E-state index in [1.54, 1.807) is 58.9 Å². The van der Waals surface area contributed by atoms with Gasteiger partial charge in [-0.15, -0.1) is 12.6 Å². The normalized spacial score (nSPS) is 13.3. The van der Waals surface area contributed by atoms with E-state index in [1.807, 2.05) is 0 Å². The number of carbonyl (C=O) groups excluding carboxylic acids is 1.